The molecule has 0 spiro atoms. The van der Waals surface area contributed by atoms with Gasteiger partial charge in [-0.05, 0) is 45.0 Å². The predicted octanol–water partition coefficient (Wildman–Crippen LogP) is 5.05. The molecule has 1 heterocycles. The maximum atomic E-state index is 12.3. The Labute approximate surface area is 148 Å². The molecule has 3 rings (SSSR count). The molecule has 0 saturated carbocycles. The average molecular weight is 334 g/mol. The molecular formula is C21H22N2O2. The van der Waals surface area contributed by atoms with Gasteiger partial charge >= 0.3 is 6.09 Å². The fraction of sp³-hybridized carbons (Fsp3) is 0.238. The number of aromatic nitrogens is 1. The Morgan fingerprint density at radius 3 is 2.60 bits per heavy atom. The normalized spacial score (nSPS) is 10.7. The second-order valence-electron chi connectivity index (χ2n) is 5.96. The van der Waals surface area contributed by atoms with Crippen molar-refractivity contribution >= 4 is 17.0 Å². The van der Waals surface area contributed by atoms with Crippen LogP contribution in [-0.4, -0.2) is 29.1 Å². The van der Waals surface area contributed by atoms with Crippen LogP contribution in [0.3, 0.4) is 0 Å². The minimum absolute atomic E-state index is 0.330. The molecule has 128 valence electrons. The molecule has 0 atom stereocenters. The molecule has 0 aliphatic rings. The van der Waals surface area contributed by atoms with Gasteiger partial charge in [-0.3, -0.25) is 4.98 Å². The van der Waals surface area contributed by atoms with Gasteiger partial charge < -0.3 is 9.64 Å². The molecule has 0 N–H and O–H groups in total. The summed E-state index contributed by atoms with van der Waals surface area (Å²) in [7, 11) is 0. The average Bonchev–Trinajstić information content (AvgIpc) is 2.64. The minimum atomic E-state index is -0.330. The molecule has 0 unspecified atom stereocenters. The number of amides is 1. The van der Waals surface area contributed by atoms with E-state index in [2.05, 4.69) is 11.1 Å². The van der Waals surface area contributed by atoms with E-state index in [1.807, 2.05) is 69.4 Å². The first-order chi connectivity index (χ1) is 12.1. The molecular weight excluding hydrogens is 312 g/mol. The Bertz CT molecular complexity index is 901. The van der Waals surface area contributed by atoms with Crippen LogP contribution in [0.15, 0.2) is 54.7 Å². The highest BCUT2D eigenvalue weighted by atomic mass is 16.6. The van der Waals surface area contributed by atoms with Gasteiger partial charge in [0.05, 0.1) is 5.52 Å². The van der Waals surface area contributed by atoms with E-state index in [1.165, 1.54) is 0 Å². The molecule has 25 heavy (non-hydrogen) atoms. The number of carbonyl (C=O) groups is 1. The molecule has 0 bridgehead atoms. The summed E-state index contributed by atoms with van der Waals surface area (Å²) < 4.78 is 5.67. The van der Waals surface area contributed by atoms with E-state index in [0.717, 1.165) is 27.6 Å². The molecule has 3 aromatic rings. The van der Waals surface area contributed by atoms with Crippen LogP contribution in [0.25, 0.3) is 22.0 Å². The van der Waals surface area contributed by atoms with E-state index in [1.54, 1.807) is 4.90 Å². The highest BCUT2D eigenvalue weighted by Gasteiger charge is 2.16. The number of nitrogens with zero attached hydrogens (tertiary/aromatic N) is 2. The Morgan fingerprint density at radius 2 is 1.84 bits per heavy atom. The monoisotopic (exact) mass is 334 g/mol. The van der Waals surface area contributed by atoms with Crippen LogP contribution in [0.5, 0.6) is 5.75 Å². The Morgan fingerprint density at radius 1 is 1.08 bits per heavy atom. The second-order valence-corrected chi connectivity index (χ2v) is 5.96. The van der Waals surface area contributed by atoms with Crippen molar-refractivity contribution in [2.75, 3.05) is 13.1 Å². The quantitative estimate of drug-likeness (QED) is 0.670. The lowest BCUT2D eigenvalue weighted by atomic mass is 10.0. The first-order valence-corrected chi connectivity index (χ1v) is 8.55. The van der Waals surface area contributed by atoms with E-state index in [9.17, 15) is 4.79 Å². The highest BCUT2D eigenvalue weighted by molar-refractivity contribution is 5.85. The van der Waals surface area contributed by atoms with Crippen molar-refractivity contribution in [2.24, 2.45) is 0 Å². The molecule has 2 aromatic carbocycles. The molecule has 4 heteroatoms. The van der Waals surface area contributed by atoms with Crippen LogP contribution in [0, 0.1) is 6.92 Å². The summed E-state index contributed by atoms with van der Waals surface area (Å²) in [6.07, 6.45) is 1.50. The SMILES string of the molecule is CCN(CC)C(=O)Oc1ccc(C)cc1-c1cnc2ccccc2c1. The van der Waals surface area contributed by atoms with Crippen LogP contribution < -0.4 is 4.74 Å². The van der Waals surface area contributed by atoms with Crippen molar-refractivity contribution in [3.63, 3.8) is 0 Å². The van der Waals surface area contributed by atoms with Crippen molar-refractivity contribution in [1.29, 1.82) is 0 Å². The van der Waals surface area contributed by atoms with Crippen molar-refractivity contribution in [3.8, 4) is 16.9 Å². The number of ether oxygens (including phenoxy) is 1. The third-order valence-corrected chi connectivity index (χ3v) is 4.26. The summed E-state index contributed by atoms with van der Waals surface area (Å²) in [5.41, 5.74) is 3.86. The van der Waals surface area contributed by atoms with Gasteiger partial charge in [0, 0.05) is 35.8 Å². The molecule has 0 saturated heterocycles. The zero-order valence-corrected chi connectivity index (χ0v) is 14.8. The highest BCUT2D eigenvalue weighted by Crippen LogP contribution is 2.32. The maximum Gasteiger partial charge on any atom is 0.415 e. The van der Waals surface area contributed by atoms with Gasteiger partial charge in [-0.15, -0.1) is 0 Å². The van der Waals surface area contributed by atoms with Gasteiger partial charge in [-0.2, -0.15) is 0 Å². The number of hydrogen-bond acceptors (Lipinski definition) is 3. The Hall–Kier alpha value is -2.88. The topological polar surface area (TPSA) is 42.4 Å². The summed E-state index contributed by atoms with van der Waals surface area (Å²) in [5, 5.41) is 1.06. The van der Waals surface area contributed by atoms with E-state index in [-0.39, 0.29) is 6.09 Å². The smallest absolute Gasteiger partial charge is 0.410 e. The first kappa shape index (κ1) is 17.0. The third-order valence-electron chi connectivity index (χ3n) is 4.26. The van der Waals surface area contributed by atoms with Gasteiger partial charge in [0.1, 0.15) is 5.75 Å². The predicted molar refractivity (Wildman–Crippen MR) is 101 cm³/mol. The Kier molecular flexibility index (Phi) is 4.98. The number of rotatable bonds is 4. The van der Waals surface area contributed by atoms with Crippen LogP contribution in [0.4, 0.5) is 4.79 Å². The van der Waals surface area contributed by atoms with E-state index in [0.29, 0.717) is 18.8 Å². The van der Waals surface area contributed by atoms with Crippen molar-refractivity contribution in [1.82, 2.24) is 9.88 Å². The number of fused-ring (bicyclic) bond motifs is 1. The van der Waals surface area contributed by atoms with Crippen LogP contribution in [0.2, 0.25) is 0 Å². The molecule has 1 amide bonds. The standard InChI is InChI=1S/C21H22N2O2/c1-4-23(5-2)21(24)25-20-11-10-15(3)12-18(20)17-13-16-8-6-7-9-19(16)22-14-17/h6-14H,4-5H2,1-3H3. The lowest BCUT2D eigenvalue weighted by Gasteiger charge is -2.19. The Balaban J connectivity index is 2.02. The summed E-state index contributed by atoms with van der Waals surface area (Å²) in [5.74, 6) is 0.555. The van der Waals surface area contributed by atoms with Crippen LogP contribution in [-0.2, 0) is 0 Å². The van der Waals surface area contributed by atoms with Crippen LogP contribution in [0.1, 0.15) is 19.4 Å². The van der Waals surface area contributed by atoms with Crippen molar-refractivity contribution < 1.29 is 9.53 Å². The zero-order chi connectivity index (χ0) is 17.8. The summed E-state index contributed by atoms with van der Waals surface area (Å²) in [6.45, 7) is 7.14. The second kappa shape index (κ2) is 7.34. The lowest BCUT2D eigenvalue weighted by molar-refractivity contribution is 0.157. The fourth-order valence-electron chi connectivity index (χ4n) is 2.82. The molecule has 0 aliphatic carbocycles. The number of para-hydroxylation sites is 1. The van der Waals surface area contributed by atoms with E-state index >= 15 is 0 Å². The fourth-order valence-corrected chi connectivity index (χ4v) is 2.82. The van der Waals surface area contributed by atoms with Gasteiger partial charge in [-0.25, -0.2) is 4.79 Å². The molecule has 0 aliphatic heterocycles. The van der Waals surface area contributed by atoms with E-state index < -0.39 is 0 Å². The first-order valence-electron chi connectivity index (χ1n) is 8.55. The van der Waals surface area contributed by atoms with Crippen LogP contribution >= 0.6 is 0 Å². The molecule has 4 nitrogen and oxygen atoms in total. The maximum absolute atomic E-state index is 12.3. The van der Waals surface area contributed by atoms with Gasteiger partial charge in [0.2, 0.25) is 0 Å². The number of benzene rings is 2. The summed E-state index contributed by atoms with van der Waals surface area (Å²) >= 11 is 0. The van der Waals surface area contributed by atoms with Gasteiger partial charge in [0.15, 0.2) is 0 Å². The van der Waals surface area contributed by atoms with Crippen molar-refractivity contribution in [2.45, 2.75) is 20.8 Å². The number of carbonyl (C=O) groups excluding carboxylic acids is 1. The van der Waals surface area contributed by atoms with Crippen molar-refractivity contribution in [3.05, 3.63) is 60.3 Å². The van der Waals surface area contributed by atoms with Gasteiger partial charge in [-0.1, -0.05) is 29.8 Å². The zero-order valence-electron chi connectivity index (χ0n) is 14.8. The minimum Gasteiger partial charge on any atom is -0.410 e. The van der Waals surface area contributed by atoms with Gasteiger partial charge in [0.25, 0.3) is 0 Å². The number of hydrogen-bond donors (Lipinski definition) is 0. The molecule has 1 aromatic heterocycles. The number of pyridine rings is 1. The summed E-state index contributed by atoms with van der Waals surface area (Å²) in [4.78, 5) is 18.5. The summed E-state index contributed by atoms with van der Waals surface area (Å²) in [6, 6.07) is 15.9. The lowest BCUT2D eigenvalue weighted by Crippen LogP contribution is -2.33. The molecule has 0 radical (unpaired) electrons. The largest absolute Gasteiger partial charge is 0.415 e. The van der Waals surface area contributed by atoms with E-state index in [4.69, 9.17) is 4.74 Å². The third kappa shape index (κ3) is 3.63. The molecule has 0 fully saturated rings. The number of aryl methyl sites for hydroxylation is 1.